The molecule has 19 heavy (non-hydrogen) atoms. The van der Waals surface area contributed by atoms with Crippen LogP contribution in [0.5, 0.6) is 0 Å². The fourth-order valence-electron chi connectivity index (χ4n) is 2.33. The summed E-state index contributed by atoms with van der Waals surface area (Å²) in [5.41, 5.74) is -0.806. The van der Waals surface area contributed by atoms with E-state index in [9.17, 15) is 9.90 Å². The van der Waals surface area contributed by atoms with Gasteiger partial charge in [0.1, 0.15) is 5.54 Å². The van der Waals surface area contributed by atoms with Gasteiger partial charge >= 0.3 is 5.97 Å². The van der Waals surface area contributed by atoms with E-state index in [2.05, 4.69) is 5.32 Å². The number of hydrogen-bond donors (Lipinski definition) is 2. The van der Waals surface area contributed by atoms with Crippen LogP contribution in [0, 0.1) is 0 Å². The van der Waals surface area contributed by atoms with Crippen molar-refractivity contribution in [2.45, 2.75) is 37.3 Å². The third kappa shape index (κ3) is 5.06. The van der Waals surface area contributed by atoms with Crippen LogP contribution in [0.1, 0.15) is 25.7 Å². The lowest BCUT2D eigenvalue weighted by Gasteiger charge is -2.23. The Kier molecular flexibility index (Phi) is 7.30. The summed E-state index contributed by atoms with van der Waals surface area (Å²) in [4.78, 5) is 11.2. The molecule has 0 aromatic carbocycles. The number of carbonyl (C=O) groups is 1. The fraction of sp³-hybridized carbons (Fsp3) is 0.923. The quantitative estimate of drug-likeness (QED) is 0.570. The van der Waals surface area contributed by atoms with E-state index >= 15 is 0 Å². The van der Waals surface area contributed by atoms with Crippen LogP contribution in [0.2, 0.25) is 0 Å². The second-order valence-corrected chi connectivity index (χ2v) is 4.83. The Labute approximate surface area is 114 Å². The molecule has 6 nitrogen and oxygen atoms in total. The lowest BCUT2D eigenvalue weighted by molar-refractivity contribution is -0.144. The number of nitrogens with one attached hydrogen (secondary N) is 1. The van der Waals surface area contributed by atoms with Gasteiger partial charge < -0.3 is 24.6 Å². The SMILES string of the molecule is CNC1(C(=O)O)CCC(OCCCOCCOC)C1. The minimum absolute atomic E-state index is 0.0301. The fourth-order valence-corrected chi connectivity index (χ4v) is 2.33. The van der Waals surface area contributed by atoms with Crippen molar-refractivity contribution in [1.29, 1.82) is 0 Å². The van der Waals surface area contributed by atoms with E-state index in [1.807, 2.05) is 0 Å². The minimum Gasteiger partial charge on any atom is -0.480 e. The number of methoxy groups -OCH3 is 1. The molecule has 0 spiro atoms. The van der Waals surface area contributed by atoms with Gasteiger partial charge in [0.25, 0.3) is 0 Å². The van der Waals surface area contributed by atoms with E-state index < -0.39 is 11.5 Å². The summed E-state index contributed by atoms with van der Waals surface area (Å²) in [7, 11) is 3.34. The van der Waals surface area contributed by atoms with E-state index in [4.69, 9.17) is 14.2 Å². The van der Waals surface area contributed by atoms with Gasteiger partial charge in [0.05, 0.1) is 19.3 Å². The zero-order chi connectivity index (χ0) is 14.1. The van der Waals surface area contributed by atoms with E-state index in [-0.39, 0.29) is 6.10 Å². The first-order valence-corrected chi connectivity index (χ1v) is 6.75. The molecule has 1 rings (SSSR count). The van der Waals surface area contributed by atoms with Gasteiger partial charge in [-0.3, -0.25) is 4.79 Å². The summed E-state index contributed by atoms with van der Waals surface area (Å²) in [6, 6.07) is 0. The van der Waals surface area contributed by atoms with Gasteiger partial charge in [0, 0.05) is 26.7 Å². The Bertz CT molecular complexity index is 274. The van der Waals surface area contributed by atoms with Crippen molar-refractivity contribution >= 4 is 5.97 Å². The summed E-state index contributed by atoms with van der Waals surface area (Å²) < 4.78 is 15.9. The maximum atomic E-state index is 11.2. The van der Waals surface area contributed by atoms with Crippen molar-refractivity contribution in [2.75, 3.05) is 40.6 Å². The Hall–Kier alpha value is -0.690. The number of ether oxygens (including phenoxy) is 3. The molecule has 1 aliphatic rings. The van der Waals surface area contributed by atoms with Gasteiger partial charge in [0.15, 0.2) is 0 Å². The average molecular weight is 275 g/mol. The van der Waals surface area contributed by atoms with Crippen molar-refractivity contribution in [1.82, 2.24) is 5.32 Å². The highest BCUT2D eigenvalue weighted by atomic mass is 16.5. The monoisotopic (exact) mass is 275 g/mol. The maximum Gasteiger partial charge on any atom is 0.323 e. The maximum absolute atomic E-state index is 11.2. The van der Waals surface area contributed by atoms with Crippen LogP contribution in [0.3, 0.4) is 0 Å². The van der Waals surface area contributed by atoms with Gasteiger partial charge in [-0.1, -0.05) is 0 Å². The van der Waals surface area contributed by atoms with Crippen LogP contribution in [0.25, 0.3) is 0 Å². The first-order chi connectivity index (χ1) is 9.14. The lowest BCUT2D eigenvalue weighted by Crippen LogP contribution is -2.48. The normalized spacial score (nSPS) is 26.7. The molecule has 112 valence electrons. The average Bonchev–Trinajstić information content (AvgIpc) is 2.83. The predicted molar refractivity (Wildman–Crippen MR) is 70.3 cm³/mol. The largest absolute Gasteiger partial charge is 0.480 e. The first-order valence-electron chi connectivity index (χ1n) is 6.75. The third-order valence-electron chi connectivity index (χ3n) is 3.58. The van der Waals surface area contributed by atoms with Crippen LogP contribution in [-0.2, 0) is 19.0 Å². The Balaban J connectivity index is 2.10. The molecule has 2 unspecified atom stereocenters. The Morgan fingerprint density at radius 2 is 2.16 bits per heavy atom. The standard InChI is InChI=1S/C13H25NO5/c1-14-13(12(15)16)5-4-11(10-13)19-7-3-6-18-9-8-17-2/h11,14H,3-10H2,1-2H3,(H,15,16). The zero-order valence-electron chi connectivity index (χ0n) is 11.8. The molecule has 0 bridgehead atoms. The highest BCUT2D eigenvalue weighted by Crippen LogP contribution is 2.32. The summed E-state index contributed by atoms with van der Waals surface area (Å²) in [5.74, 6) is -0.788. The predicted octanol–water partition coefficient (Wildman–Crippen LogP) is 0.651. The first kappa shape index (κ1) is 16.4. The lowest BCUT2D eigenvalue weighted by atomic mass is 9.98. The van der Waals surface area contributed by atoms with Crippen molar-refractivity contribution in [3.05, 3.63) is 0 Å². The van der Waals surface area contributed by atoms with Crippen LogP contribution in [0.4, 0.5) is 0 Å². The second kappa shape index (κ2) is 8.47. The van der Waals surface area contributed by atoms with Gasteiger partial charge in [-0.15, -0.1) is 0 Å². The Morgan fingerprint density at radius 1 is 1.37 bits per heavy atom. The van der Waals surface area contributed by atoms with Crippen LogP contribution in [0.15, 0.2) is 0 Å². The van der Waals surface area contributed by atoms with Crippen molar-refractivity contribution in [3.8, 4) is 0 Å². The van der Waals surface area contributed by atoms with Crippen molar-refractivity contribution in [3.63, 3.8) is 0 Å². The molecule has 0 amide bonds. The van der Waals surface area contributed by atoms with Gasteiger partial charge in [-0.2, -0.15) is 0 Å². The molecular weight excluding hydrogens is 250 g/mol. The number of hydrogen-bond acceptors (Lipinski definition) is 5. The van der Waals surface area contributed by atoms with Crippen LogP contribution < -0.4 is 5.32 Å². The molecule has 1 saturated carbocycles. The van der Waals surface area contributed by atoms with E-state index in [1.165, 1.54) is 0 Å². The second-order valence-electron chi connectivity index (χ2n) is 4.83. The summed E-state index contributed by atoms with van der Waals surface area (Å²) in [5, 5.41) is 12.1. The molecule has 0 aromatic heterocycles. The number of carboxylic acids is 1. The number of rotatable bonds is 10. The van der Waals surface area contributed by atoms with Crippen LogP contribution in [-0.4, -0.2) is 63.3 Å². The zero-order valence-corrected chi connectivity index (χ0v) is 11.8. The number of aliphatic carboxylic acids is 1. The molecule has 2 N–H and O–H groups in total. The Morgan fingerprint density at radius 3 is 2.74 bits per heavy atom. The minimum atomic E-state index is -0.806. The molecule has 6 heteroatoms. The smallest absolute Gasteiger partial charge is 0.323 e. The van der Waals surface area contributed by atoms with E-state index in [1.54, 1.807) is 14.2 Å². The summed E-state index contributed by atoms with van der Waals surface area (Å²) in [6.07, 6.45) is 2.79. The third-order valence-corrected chi connectivity index (χ3v) is 3.58. The van der Waals surface area contributed by atoms with Crippen LogP contribution >= 0.6 is 0 Å². The van der Waals surface area contributed by atoms with Gasteiger partial charge in [0.2, 0.25) is 0 Å². The number of carboxylic acid groups (broad SMARTS) is 1. The molecule has 0 heterocycles. The van der Waals surface area contributed by atoms with Crippen molar-refractivity contribution in [2.24, 2.45) is 0 Å². The molecule has 0 radical (unpaired) electrons. The summed E-state index contributed by atoms with van der Waals surface area (Å²) >= 11 is 0. The molecule has 2 atom stereocenters. The molecule has 1 fully saturated rings. The van der Waals surface area contributed by atoms with E-state index in [0.717, 1.165) is 12.8 Å². The van der Waals surface area contributed by atoms with Crippen molar-refractivity contribution < 1.29 is 24.1 Å². The molecule has 1 aliphatic carbocycles. The number of likely N-dealkylation sites (N-methyl/N-ethyl adjacent to an activating group) is 1. The molecule has 0 aromatic rings. The van der Waals surface area contributed by atoms with E-state index in [0.29, 0.717) is 39.3 Å². The highest BCUT2D eigenvalue weighted by molar-refractivity contribution is 5.79. The highest BCUT2D eigenvalue weighted by Gasteiger charge is 2.44. The molecule has 0 saturated heterocycles. The molecule has 0 aliphatic heterocycles. The van der Waals surface area contributed by atoms with Gasteiger partial charge in [-0.05, 0) is 26.3 Å². The molecular formula is C13H25NO5. The topological polar surface area (TPSA) is 77.0 Å². The van der Waals surface area contributed by atoms with Gasteiger partial charge in [-0.25, -0.2) is 0 Å². The summed E-state index contributed by atoms with van der Waals surface area (Å²) in [6.45, 7) is 2.46.